The van der Waals surface area contributed by atoms with E-state index in [-0.39, 0.29) is 54.3 Å². The molecule has 7 heterocycles. The first-order valence-corrected chi connectivity index (χ1v) is 24.1. The smallest absolute Gasteiger partial charge is 0.246 e. The summed E-state index contributed by atoms with van der Waals surface area (Å²) in [7, 11) is 0. The lowest BCUT2D eigenvalue weighted by atomic mass is 9.57. The van der Waals surface area contributed by atoms with Gasteiger partial charge in [0.2, 0.25) is 17.7 Å². The quantitative estimate of drug-likeness (QED) is 0.146. The molecule has 0 bridgehead atoms. The maximum absolute atomic E-state index is 14.1. The second-order valence-corrected chi connectivity index (χ2v) is 20.9. The Morgan fingerprint density at radius 2 is 1.63 bits per heavy atom. The van der Waals surface area contributed by atoms with E-state index in [1.807, 2.05) is 69.6 Å². The molecule has 10 rings (SSSR count). The molecule has 3 amide bonds. The Labute approximate surface area is 397 Å². The van der Waals surface area contributed by atoms with Crippen LogP contribution < -0.4 is 30.7 Å². The zero-order valence-corrected chi connectivity index (χ0v) is 39.1. The van der Waals surface area contributed by atoms with Gasteiger partial charge < -0.3 is 45.8 Å². The fraction of sp³-hybridized carbons (Fsp3) is 0.510. The van der Waals surface area contributed by atoms with Gasteiger partial charge in [0.25, 0.3) is 0 Å². The van der Waals surface area contributed by atoms with Gasteiger partial charge in [-0.25, -0.2) is 9.97 Å². The summed E-state index contributed by atoms with van der Waals surface area (Å²) in [6, 6.07) is 15.7. The number of piperazine rings is 1. The van der Waals surface area contributed by atoms with E-state index in [1.54, 1.807) is 18.2 Å². The standard InChI is InChI=1S/C51H62N12O5/c1-5-32-10-12-33(13-11-32)24-55-48(67)41-20-37(64)29-63(41)49(68)45(50(2,3)4)56-47(66)34-22-51(23-34)30-61(31-51)44-27-52-43(26-53-44)59-16-14-35(15-17-59)60-18-19-62-36(28-60)25-54-46-40(62)21-39(57-58-46)38-8-6-7-9-42(38)65/h1,6-13,21,26-27,34-37,41,45,64-65H,14-20,22-25,28-31H2,2-4H3,(H,54,58)(H,55,67)(H,56,66)/t36-,37+,41-,45+/m0/s1. The van der Waals surface area contributed by atoms with E-state index >= 15 is 0 Å². The molecule has 4 atom stereocenters. The molecule has 17 nitrogen and oxygen atoms in total. The van der Waals surface area contributed by atoms with Gasteiger partial charge in [-0.1, -0.05) is 51.0 Å². The van der Waals surface area contributed by atoms with Crippen molar-refractivity contribution >= 4 is 40.9 Å². The fourth-order valence-electron chi connectivity index (χ4n) is 11.3. The van der Waals surface area contributed by atoms with Crippen LogP contribution in [0.4, 0.5) is 23.1 Å². The van der Waals surface area contributed by atoms with Crippen molar-refractivity contribution in [2.24, 2.45) is 16.7 Å². The summed E-state index contributed by atoms with van der Waals surface area (Å²) < 4.78 is 0. The minimum Gasteiger partial charge on any atom is -0.507 e. The second kappa shape index (κ2) is 18.2. The van der Waals surface area contributed by atoms with Crippen LogP contribution in [0.3, 0.4) is 0 Å². The minimum absolute atomic E-state index is 0.0250. The first-order chi connectivity index (χ1) is 32.7. The third-order valence-corrected chi connectivity index (χ3v) is 15.2. The summed E-state index contributed by atoms with van der Waals surface area (Å²) in [6.07, 6.45) is 12.1. The number of β-amino-alcohol motifs (C(OH)–C–C–N with tert-alkyl or cyclic N) is 1. The van der Waals surface area contributed by atoms with Gasteiger partial charge in [0.05, 0.1) is 35.9 Å². The molecule has 1 spiro atoms. The average Bonchev–Trinajstić information content (AvgIpc) is 3.72. The minimum atomic E-state index is -0.867. The maximum atomic E-state index is 14.1. The number of aliphatic hydroxyl groups is 1. The number of aromatic nitrogens is 4. The molecule has 5 fully saturated rings. The highest BCUT2D eigenvalue weighted by atomic mass is 16.3. The van der Waals surface area contributed by atoms with Crippen molar-refractivity contribution < 1.29 is 24.6 Å². The molecular formula is C51H62N12O5. The zero-order valence-electron chi connectivity index (χ0n) is 39.1. The largest absolute Gasteiger partial charge is 0.507 e. The van der Waals surface area contributed by atoms with Crippen LogP contribution in [0.25, 0.3) is 11.3 Å². The van der Waals surface area contributed by atoms with Gasteiger partial charge in [0, 0.05) is 100 Å². The monoisotopic (exact) mass is 922 g/mol. The predicted molar refractivity (Wildman–Crippen MR) is 259 cm³/mol. The molecule has 4 saturated heterocycles. The van der Waals surface area contributed by atoms with Crippen LogP contribution in [0.2, 0.25) is 0 Å². The number of benzene rings is 2. The molecule has 5 N–H and O–H groups in total. The summed E-state index contributed by atoms with van der Waals surface area (Å²) in [5, 5.41) is 39.4. The highest BCUT2D eigenvalue weighted by Gasteiger charge is 2.55. The number of rotatable bonds is 10. The number of aromatic hydroxyl groups is 1. The van der Waals surface area contributed by atoms with E-state index in [2.05, 4.69) is 51.7 Å². The van der Waals surface area contributed by atoms with Crippen LogP contribution >= 0.6 is 0 Å². The van der Waals surface area contributed by atoms with Gasteiger partial charge in [-0.3, -0.25) is 19.3 Å². The second-order valence-electron chi connectivity index (χ2n) is 20.9. The molecule has 1 aliphatic carbocycles. The average molecular weight is 923 g/mol. The normalized spacial score (nSPS) is 23.1. The number of terminal acetylenes is 1. The number of aliphatic hydroxyl groups excluding tert-OH is 1. The first-order valence-electron chi connectivity index (χ1n) is 24.1. The van der Waals surface area contributed by atoms with Crippen LogP contribution in [0.15, 0.2) is 67.0 Å². The van der Waals surface area contributed by atoms with Gasteiger partial charge in [-0.05, 0) is 67.0 Å². The molecule has 4 aromatic rings. The van der Waals surface area contributed by atoms with Crippen molar-refractivity contribution in [3.63, 3.8) is 0 Å². The van der Waals surface area contributed by atoms with E-state index in [0.29, 0.717) is 23.3 Å². The van der Waals surface area contributed by atoms with Crippen molar-refractivity contribution in [3.05, 3.63) is 78.1 Å². The number of amides is 3. The molecule has 68 heavy (non-hydrogen) atoms. The summed E-state index contributed by atoms with van der Waals surface area (Å²) in [5.74, 6) is 4.23. The lowest BCUT2D eigenvalue weighted by molar-refractivity contribution is -0.146. The number of piperidine rings is 1. The Morgan fingerprint density at radius 3 is 2.32 bits per heavy atom. The third kappa shape index (κ3) is 8.99. The number of nitrogens with zero attached hydrogens (tertiary/aromatic N) is 9. The molecule has 6 aliphatic rings. The van der Waals surface area contributed by atoms with Gasteiger partial charge in [-0.2, -0.15) is 0 Å². The Balaban J connectivity index is 0.673. The zero-order chi connectivity index (χ0) is 47.3. The molecular weight excluding hydrogens is 861 g/mol. The molecule has 17 heteroatoms. The summed E-state index contributed by atoms with van der Waals surface area (Å²) in [4.78, 5) is 62.1. The fourth-order valence-corrected chi connectivity index (χ4v) is 11.3. The topological polar surface area (TPSA) is 196 Å². The van der Waals surface area contributed by atoms with Crippen LogP contribution in [-0.4, -0.2) is 147 Å². The molecule has 2 aromatic carbocycles. The number of carbonyl (C=O) groups excluding carboxylic acids is 3. The van der Waals surface area contributed by atoms with Gasteiger partial charge in [0.1, 0.15) is 29.5 Å². The number of carbonyl (C=O) groups is 3. The van der Waals surface area contributed by atoms with Crippen molar-refractivity contribution in [1.82, 2.24) is 40.6 Å². The third-order valence-electron chi connectivity index (χ3n) is 15.2. The highest BCUT2D eigenvalue weighted by Crippen LogP contribution is 2.53. The summed E-state index contributed by atoms with van der Waals surface area (Å²) in [6.45, 7) is 13.1. The molecule has 356 valence electrons. The molecule has 1 saturated carbocycles. The van der Waals surface area contributed by atoms with Gasteiger partial charge >= 0.3 is 0 Å². The summed E-state index contributed by atoms with van der Waals surface area (Å²) >= 11 is 0. The SMILES string of the molecule is C#Cc1ccc(CNC(=O)[C@@H]2C[C@@H](O)CN2C(=O)[C@@H](NC(=O)C2CC3(C2)CN(c2cnc(N4CCC(N5CCN6c7cc(-c8ccccc8O)nnc7NC[C@H]6C5)CC4)cn2)C3)C(C)(C)C)cc1. The van der Waals surface area contributed by atoms with Crippen molar-refractivity contribution in [2.45, 2.75) is 89.7 Å². The van der Waals surface area contributed by atoms with Crippen LogP contribution in [-0.2, 0) is 20.9 Å². The number of hydrogen-bond donors (Lipinski definition) is 5. The molecule has 2 aromatic heterocycles. The lowest BCUT2D eigenvalue weighted by Gasteiger charge is -2.59. The number of fused-ring (bicyclic) bond motifs is 3. The number of phenolic OH excluding ortho intramolecular Hbond substituents is 1. The van der Waals surface area contributed by atoms with E-state index in [4.69, 9.17) is 16.4 Å². The number of hydrogen-bond acceptors (Lipinski definition) is 14. The van der Waals surface area contributed by atoms with E-state index < -0.39 is 23.6 Å². The van der Waals surface area contributed by atoms with Gasteiger partial charge in [0.15, 0.2) is 5.82 Å². The van der Waals surface area contributed by atoms with Crippen molar-refractivity contribution in [1.29, 1.82) is 0 Å². The van der Waals surface area contributed by atoms with E-state index in [1.165, 1.54) is 4.90 Å². The Kier molecular flexibility index (Phi) is 12.1. The van der Waals surface area contributed by atoms with Crippen molar-refractivity contribution in [2.75, 3.05) is 78.9 Å². The Hall–Kier alpha value is -6.51. The van der Waals surface area contributed by atoms with E-state index in [9.17, 15) is 24.6 Å². The number of phenols is 1. The molecule has 0 unspecified atom stereocenters. The Bertz CT molecular complexity index is 2560. The van der Waals surface area contributed by atoms with Crippen molar-refractivity contribution in [3.8, 4) is 29.4 Å². The number of nitrogens with one attached hydrogen (secondary N) is 3. The van der Waals surface area contributed by atoms with Crippen LogP contribution in [0.5, 0.6) is 5.75 Å². The lowest BCUT2D eigenvalue weighted by Crippen LogP contribution is -2.65. The number of para-hydroxylation sites is 1. The molecule has 5 aliphatic heterocycles. The van der Waals surface area contributed by atoms with Crippen LogP contribution in [0, 0.1) is 29.1 Å². The Morgan fingerprint density at radius 1 is 0.912 bits per heavy atom. The van der Waals surface area contributed by atoms with Crippen LogP contribution in [0.1, 0.15) is 64.0 Å². The maximum Gasteiger partial charge on any atom is 0.246 e. The van der Waals surface area contributed by atoms with E-state index in [0.717, 1.165) is 112 Å². The summed E-state index contributed by atoms with van der Waals surface area (Å²) in [5.41, 5.74) is 3.40. The number of likely N-dealkylation sites (tertiary alicyclic amines) is 1. The predicted octanol–water partition coefficient (Wildman–Crippen LogP) is 3.23. The van der Waals surface area contributed by atoms with Gasteiger partial charge in [-0.15, -0.1) is 16.6 Å². The first kappa shape index (κ1) is 45.3. The molecule has 0 radical (unpaired) electrons. The highest BCUT2D eigenvalue weighted by molar-refractivity contribution is 5.94. The number of anilines is 4.